The summed E-state index contributed by atoms with van der Waals surface area (Å²) in [5.41, 5.74) is 0. The Hall–Kier alpha value is -0.0500. The molecule has 1 saturated heterocycles. The predicted molar refractivity (Wildman–Crippen MR) is 39.5 cm³/mol. The topological polar surface area (TPSA) is 29.1 Å². The van der Waals surface area contributed by atoms with E-state index in [1.54, 1.807) is 0 Å². The van der Waals surface area contributed by atoms with Gasteiger partial charge in [0.15, 0.2) is 0 Å². The van der Waals surface area contributed by atoms with Crippen molar-refractivity contribution in [3.8, 4) is 0 Å². The third kappa shape index (κ3) is 1.68. The van der Waals surface area contributed by atoms with Gasteiger partial charge in [-0.15, -0.1) is 0 Å². The van der Waals surface area contributed by atoms with E-state index in [0.29, 0.717) is 0 Å². The van der Waals surface area contributed by atoms with Crippen LogP contribution in [0.2, 0.25) is 0 Å². The first kappa shape index (κ1) is 7.06. The van der Waals surface area contributed by atoms with Gasteiger partial charge in [-0.2, -0.15) is 0 Å². The molecule has 0 bridgehead atoms. The first-order valence-corrected chi connectivity index (χ1v) is 4.30. The molecule has 0 spiro atoms. The average molecular weight is 192 g/mol. The van der Waals surface area contributed by atoms with Crippen LogP contribution in [0.5, 0.6) is 0 Å². The normalized spacial score (nSPS) is 26.3. The zero-order valence-electron chi connectivity index (χ0n) is 5.19. The summed E-state index contributed by atoms with van der Waals surface area (Å²) in [6.07, 6.45) is 2.00. The largest absolute Gasteiger partial charge is 0.356 e. The summed E-state index contributed by atoms with van der Waals surface area (Å²) < 4.78 is 0. The van der Waals surface area contributed by atoms with Crippen molar-refractivity contribution >= 4 is 21.8 Å². The van der Waals surface area contributed by atoms with E-state index >= 15 is 0 Å². The van der Waals surface area contributed by atoms with E-state index in [1.165, 1.54) is 0 Å². The van der Waals surface area contributed by atoms with E-state index in [0.717, 1.165) is 24.7 Å². The van der Waals surface area contributed by atoms with Crippen LogP contribution in [0, 0.1) is 5.92 Å². The van der Waals surface area contributed by atoms with Crippen LogP contribution in [0.1, 0.15) is 12.8 Å². The second-order valence-electron chi connectivity index (χ2n) is 2.25. The summed E-state index contributed by atoms with van der Waals surface area (Å²) in [4.78, 5) is 10.8. The second kappa shape index (κ2) is 3.20. The van der Waals surface area contributed by atoms with Gasteiger partial charge in [0.1, 0.15) is 0 Å². The Labute approximate surface area is 63.1 Å². The molecule has 52 valence electrons. The fourth-order valence-corrected chi connectivity index (χ4v) is 1.60. The summed E-state index contributed by atoms with van der Waals surface area (Å²) in [5, 5.41) is 3.73. The molecule has 1 fully saturated rings. The van der Waals surface area contributed by atoms with E-state index in [4.69, 9.17) is 0 Å². The van der Waals surface area contributed by atoms with E-state index in [1.807, 2.05) is 0 Å². The molecule has 0 aromatic carbocycles. The highest BCUT2D eigenvalue weighted by atomic mass is 79.9. The van der Waals surface area contributed by atoms with Gasteiger partial charge in [-0.25, -0.2) is 0 Å². The molecule has 9 heavy (non-hydrogen) atoms. The molecular weight excluding hydrogens is 182 g/mol. The maximum atomic E-state index is 10.8. The lowest BCUT2D eigenvalue weighted by Crippen LogP contribution is -2.19. The Balaban J connectivity index is 2.31. The standard InChI is InChI=1S/C6H10BrNO/c7-3-1-5-2-4-8-6(5)9/h5H,1-4H2,(H,8,9)/t5-/m1/s1. The van der Waals surface area contributed by atoms with E-state index in [2.05, 4.69) is 21.2 Å². The van der Waals surface area contributed by atoms with Gasteiger partial charge in [-0.3, -0.25) is 4.79 Å². The SMILES string of the molecule is O=C1NCC[C@H]1CCBr. The van der Waals surface area contributed by atoms with Gasteiger partial charge in [0.05, 0.1) is 0 Å². The summed E-state index contributed by atoms with van der Waals surface area (Å²) in [6.45, 7) is 0.872. The minimum absolute atomic E-state index is 0.231. The molecule has 0 aromatic heterocycles. The van der Waals surface area contributed by atoms with E-state index < -0.39 is 0 Å². The zero-order valence-corrected chi connectivity index (χ0v) is 6.78. The second-order valence-corrected chi connectivity index (χ2v) is 3.05. The number of rotatable bonds is 2. The fourth-order valence-electron chi connectivity index (χ4n) is 1.05. The third-order valence-electron chi connectivity index (χ3n) is 1.62. The molecule has 0 aromatic rings. The van der Waals surface area contributed by atoms with Crippen molar-refractivity contribution in [2.45, 2.75) is 12.8 Å². The van der Waals surface area contributed by atoms with Crippen molar-refractivity contribution in [2.24, 2.45) is 5.92 Å². The van der Waals surface area contributed by atoms with Crippen LogP contribution in [0.15, 0.2) is 0 Å². The fraction of sp³-hybridized carbons (Fsp3) is 0.833. The highest BCUT2D eigenvalue weighted by molar-refractivity contribution is 9.09. The Kier molecular flexibility index (Phi) is 2.51. The number of amides is 1. The van der Waals surface area contributed by atoms with Gasteiger partial charge < -0.3 is 5.32 Å². The molecule has 0 saturated carbocycles. The van der Waals surface area contributed by atoms with Gasteiger partial charge >= 0.3 is 0 Å². The summed E-state index contributed by atoms with van der Waals surface area (Å²) >= 11 is 3.31. The Morgan fingerprint density at radius 1 is 1.78 bits per heavy atom. The summed E-state index contributed by atoms with van der Waals surface area (Å²) in [5.74, 6) is 0.513. The third-order valence-corrected chi connectivity index (χ3v) is 2.08. The maximum Gasteiger partial charge on any atom is 0.223 e. The number of carbonyl (C=O) groups excluding carboxylic acids is 1. The smallest absolute Gasteiger partial charge is 0.223 e. The average Bonchev–Trinajstić information content (AvgIpc) is 2.18. The summed E-state index contributed by atoms with van der Waals surface area (Å²) in [7, 11) is 0. The van der Waals surface area contributed by atoms with Crippen LogP contribution in [0.3, 0.4) is 0 Å². The monoisotopic (exact) mass is 191 g/mol. The van der Waals surface area contributed by atoms with Crippen molar-refractivity contribution < 1.29 is 4.79 Å². The Bertz CT molecular complexity index is 116. The Morgan fingerprint density at radius 2 is 2.56 bits per heavy atom. The number of carbonyl (C=O) groups is 1. The van der Waals surface area contributed by atoms with Crippen molar-refractivity contribution in [3.05, 3.63) is 0 Å². The number of nitrogens with one attached hydrogen (secondary N) is 1. The molecule has 3 heteroatoms. The van der Waals surface area contributed by atoms with Crippen LogP contribution in [0.25, 0.3) is 0 Å². The van der Waals surface area contributed by atoms with Crippen molar-refractivity contribution in [1.82, 2.24) is 5.32 Å². The van der Waals surface area contributed by atoms with Crippen molar-refractivity contribution in [1.29, 1.82) is 0 Å². The molecule has 1 amide bonds. The van der Waals surface area contributed by atoms with Crippen LogP contribution in [0.4, 0.5) is 0 Å². The van der Waals surface area contributed by atoms with E-state index in [-0.39, 0.29) is 11.8 Å². The van der Waals surface area contributed by atoms with E-state index in [9.17, 15) is 4.79 Å². The molecule has 0 aliphatic carbocycles. The quantitative estimate of drug-likeness (QED) is 0.647. The van der Waals surface area contributed by atoms with Crippen LogP contribution in [-0.2, 0) is 4.79 Å². The lowest BCUT2D eigenvalue weighted by atomic mass is 10.1. The van der Waals surface area contributed by atoms with Crippen molar-refractivity contribution in [2.75, 3.05) is 11.9 Å². The van der Waals surface area contributed by atoms with Gasteiger partial charge in [-0.05, 0) is 12.8 Å². The first-order chi connectivity index (χ1) is 4.34. The number of hydrogen-bond donors (Lipinski definition) is 1. The minimum atomic E-state index is 0.231. The van der Waals surface area contributed by atoms with Gasteiger partial charge in [-0.1, -0.05) is 15.9 Å². The zero-order chi connectivity index (χ0) is 6.69. The predicted octanol–water partition coefficient (Wildman–Crippen LogP) is 0.907. The number of alkyl halides is 1. The number of hydrogen-bond acceptors (Lipinski definition) is 1. The Morgan fingerprint density at radius 3 is 3.00 bits per heavy atom. The molecular formula is C6H10BrNO. The molecule has 0 unspecified atom stereocenters. The molecule has 1 atom stereocenters. The number of halogens is 1. The van der Waals surface area contributed by atoms with Gasteiger partial charge in [0, 0.05) is 17.8 Å². The lowest BCUT2D eigenvalue weighted by Gasteiger charge is -2.00. The van der Waals surface area contributed by atoms with Gasteiger partial charge in [0.25, 0.3) is 0 Å². The highest BCUT2D eigenvalue weighted by Crippen LogP contribution is 2.14. The highest BCUT2D eigenvalue weighted by Gasteiger charge is 2.22. The van der Waals surface area contributed by atoms with Crippen LogP contribution in [-0.4, -0.2) is 17.8 Å². The lowest BCUT2D eigenvalue weighted by molar-refractivity contribution is -0.122. The molecule has 1 rings (SSSR count). The molecule has 0 radical (unpaired) electrons. The molecule has 1 heterocycles. The van der Waals surface area contributed by atoms with Crippen LogP contribution < -0.4 is 5.32 Å². The van der Waals surface area contributed by atoms with Crippen molar-refractivity contribution in [3.63, 3.8) is 0 Å². The molecule has 2 nitrogen and oxygen atoms in total. The maximum absolute atomic E-state index is 10.8. The molecule has 1 aliphatic heterocycles. The summed E-state index contributed by atoms with van der Waals surface area (Å²) in [6, 6.07) is 0. The first-order valence-electron chi connectivity index (χ1n) is 3.18. The van der Waals surface area contributed by atoms with Crippen LogP contribution >= 0.6 is 15.9 Å². The molecule has 1 aliphatic rings. The molecule has 1 N–H and O–H groups in total. The van der Waals surface area contributed by atoms with Gasteiger partial charge in [0.2, 0.25) is 5.91 Å². The minimum Gasteiger partial charge on any atom is -0.356 e.